The van der Waals surface area contributed by atoms with Crippen molar-refractivity contribution < 1.29 is 4.79 Å². The summed E-state index contributed by atoms with van der Waals surface area (Å²) in [5.74, 6) is 0.0885. The molecule has 1 aliphatic heterocycles. The van der Waals surface area contributed by atoms with Gasteiger partial charge < -0.3 is 4.90 Å². The molecule has 0 radical (unpaired) electrons. The third kappa shape index (κ3) is 2.59. The van der Waals surface area contributed by atoms with Crippen molar-refractivity contribution in [2.24, 2.45) is 0 Å². The Kier molecular flexibility index (Phi) is 3.81. The zero-order valence-corrected chi connectivity index (χ0v) is 14.6. The van der Waals surface area contributed by atoms with E-state index in [1.165, 1.54) is 5.56 Å². The summed E-state index contributed by atoms with van der Waals surface area (Å²) in [6.45, 7) is 4.72. The lowest BCUT2D eigenvalue weighted by atomic mass is 10.1. The molecule has 1 aliphatic rings. The number of fused-ring (bicyclic) bond motifs is 1. The highest BCUT2D eigenvalue weighted by Gasteiger charge is 2.30. The molecule has 1 fully saturated rings. The molecule has 1 saturated heterocycles. The Balaban J connectivity index is 1.69. The molecule has 3 heterocycles. The van der Waals surface area contributed by atoms with Crippen molar-refractivity contribution in [3.63, 3.8) is 0 Å². The third-order valence-corrected chi connectivity index (χ3v) is 5.47. The Morgan fingerprint density at radius 1 is 1.17 bits per heavy atom. The van der Waals surface area contributed by atoms with Crippen molar-refractivity contribution in [3.8, 4) is 0 Å². The van der Waals surface area contributed by atoms with Gasteiger partial charge in [-0.1, -0.05) is 0 Å². The minimum atomic E-state index is 0.0885. The number of amides is 1. The van der Waals surface area contributed by atoms with E-state index in [0.717, 1.165) is 41.8 Å². The van der Waals surface area contributed by atoms with Crippen molar-refractivity contribution in [3.05, 3.63) is 57.5 Å². The van der Waals surface area contributed by atoms with Gasteiger partial charge in [0.2, 0.25) is 0 Å². The SMILES string of the molecule is Cc1nc2ccc(C(=O)N3CCC[C@@H]3c3ccsc3)cc2nc1C. The first-order valence-corrected chi connectivity index (χ1v) is 9.16. The topological polar surface area (TPSA) is 46.1 Å². The van der Waals surface area contributed by atoms with Crippen LogP contribution in [0.3, 0.4) is 0 Å². The Labute approximate surface area is 145 Å². The van der Waals surface area contributed by atoms with Gasteiger partial charge in [-0.3, -0.25) is 4.79 Å². The average molecular weight is 337 g/mol. The number of likely N-dealkylation sites (tertiary alicyclic amines) is 1. The number of thiophene rings is 1. The number of carbonyl (C=O) groups excluding carboxylic acids is 1. The van der Waals surface area contributed by atoms with Crippen molar-refractivity contribution in [2.45, 2.75) is 32.7 Å². The maximum atomic E-state index is 13.0. The Hall–Kier alpha value is -2.27. The standard InChI is InChI=1S/C19H19N3OS/c1-12-13(2)21-17-10-14(5-6-16(17)20-12)19(23)22-8-3-4-18(22)15-7-9-24-11-15/h5-7,9-11,18H,3-4,8H2,1-2H3/t18-/m1/s1. The minimum Gasteiger partial charge on any atom is -0.332 e. The average Bonchev–Trinajstić information content (AvgIpc) is 3.25. The van der Waals surface area contributed by atoms with Crippen LogP contribution in [-0.2, 0) is 0 Å². The monoisotopic (exact) mass is 337 g/mol. The van der Waals surface area contributed by atoms with Gasteiger partial charge in [0.25, 0.3) is 5.91 Å². The molecule has 1 aromatic carbocycles. The van der Waals surface area contributed by atoms with E-state index in [1.54, 1.807) is 11.3 Å². The van der Waals surface area contributed by atoms with Crippen molar-refractivity contribution in [2.75, 3.05) is 6.54 Å². The predicted molar refractivity (Wildman–Crippen MR) is 96.3 cm³/mol. The van der Waals surface area contributed by atoms with Gasteiger partial charge in [0.15, 0.2) is 0 Å². The van der Waals surface area contributed by atoms with E-state index in [-0.39, 0.29) is 11.9 Å². The van der Waals surface area contributed by atoms with Crippen LogP contribution in [-0.4, -0.2) is 27.3 Å². The lowest BCUT2D eigenvalue weighted by Gasteiger charge is -2.24. The number of nitrogens with zero attached hydrogens (tertiary/aromatic N) is 3. The highest BCUT2D eigenvalue weighted by Crippen LogP contribution is 2.34. The molecule has 24 heavy (non-hydrogen) atoms. The van der Waals surface area contributed by atoms with Crippen LogP contribution in [0.2, 0.25) is 0 Å². The lowest BCUT2D eigenvalue weighted by Crippen LogP contribution is -2.30. The number of carbonyl (C=O) groups is 1. The zero-order valence-electron chi connectivity index (χ0n) is 13.8. The molecule has 2 aromatic heterocycles. The van der Waals surface area contributed by atoms with Crippen LogP contribution in [0.1, 0.15) is 46.2 Å². The van der Waals surface area contributed by atoms with E-state index in [2.05, 4.69) is 26.8 Å². The highest BCUT2D eigenvalue weighted by molar-refractivity contribution is 7.08. The van der Waals surface area contributed by atoms with Crippen molar-refractivity contribution in [1.82, 2.24) is 14.9 Å². The van der Waals surface area contributed by atoms with Gasteiger partial charge in [-0.15, -0.1) is 0 Å². The molecule has 0 unspecified atom stereocenters. The molecule has 4 rings (SSSR count). The molecule has 0 saturated carbocycles. The summed E-state index contributed by atoms with van der Waals surface area (Å²) >= 11 is 1.68. The zero-order chi connectivity index (χ0) is 16.7. The summed E-state index contributed by atoms with van der Waals surface area (Å²) in [7, 11) is 0. The maximum Gasteiger partial charge on any atom is 0.254 e. The number of rotatable bonds is 2. The molecule has 0 spiro atoms. The van der Waals surface area contributed by atoms with Gasteiger partial charge in [-0.2, -0.15) is 11.3 Å². The Bertz CT molecular complexity index is 904. The van der Waals surface area contributed by atoms with Crippen LogP contribution < -0.4 is 0 Å². The number of hydrogen-bond donors (Lipinski definition) is 0. The second-order valence-electron chi connectivity index (χ2n) is 6.31. The van der Waals surface area contributed by atoms with Crippen molar-refractivity contribution >= 4 is 28.3 Å². The second-order valence-corrected chi connectivity index (χ2v) is 7.09. The molecule has 0 aliphatic carbocycles. The number of aromatic nitrogens is 2. The van der Waals surface area contributed by atoms with Gasteiger partial charge in [-0.25, -0.2) is 9.97 Å². The lowest BCUT2D eigenvalue weighted by molar-refractivity contribution is 0.0736. The molecule has 0 N–H and O–H groups in total. The number of aryl methyl sites for hydroxylation is 2. The first-order chi connectivity index (χ1) is 11.6. The van der Waals surface area contributed by atoms with Crippen LogP contribution in [0.4, 0.5) is 0 Å². The second kappa shape index (κ2) is 5.98. The van der Waals surface area contributed by atoms with Gasteiger partial charge >= 0.3 is 0 Å². The molecular weight excluding hydrogens is 318 g/mol. The quantitative estimate of drug-likeness (QED) is 0.701. The van der Waals surface area contributed by atoms with Gasteiger partial charge in [0.05, 0.1) is 28.5 Å². The van der Waals surface area contributed by atoms with Gasteiger partial charge in [-0.05, 0) is 67.3 Å². The third-order valence-electron chi connectivity index (χ3n) is 4.76. The van der Waals surface area contributed by atoms with Gasteiger partial charge in [0, 0.05) is 12.1 Å². The van der Waals surface area contributed by atoms with Crippen LogP contribution in [0.5, 0.6) is 0 Å². The van der Waals surface area contributed by atoms with E-state index >= 15 is 0 Å². The highest BCUT2D eigenvalue weighted by atomic mass is 32.1. The number of hydrogen-bond acceptors (Lipinski definition) is 4. The summed E-state index contributed by atoms with van der Waals surface area (Å²) in [6, 6.07) is 7.97. The van der Waals surface area contributed by atoms with E-state index < -0.39 is 0 Å². The summed E-state index contributed by atoms with van der Waals surface area (Å²) in [6.07, 6.45) is 2.09. The summed E-state index contributed by atoms with van der Waals surface area (Å²) in [5.41, 5.74) is 5.41. The Morgan fingerprint density at radius 3 is 2.71 bits per heavy atom. The van der Waals surface area contributed by atoms with E-state index in [0.29, 0.717) is 5.56 Å². The smallest absolute Gasteiger partial charge is 0.254 e. The Morgan fingerprint density at radius 2 is 1.96 bits per heavy atom. The fourth-order valence-electron chi connectivity index (χ4n) is 3.35. The van der Waals surface area contributed by atoms with E-state index in [4.69, 9.17) is 0 Å². The fraction of sp³-hybridized carbons (Fsp3) is 0.316. The maximum absolute atomic E-state index is 13.0. The van der Waals surface area contributed by atoms with Crippen molar-refractivity contribution in [1.29, 1.82) is 0 Å². The molecule has 3 aromatic rings. The summed E-state index contributed by atoms with van der Waals surface area (Å²) in [4.78, 5) is 24.2. The molecule has 5 heteroatoms. The van der Waals surface area contributed by atoms with Crippen LogP contribution >= 0.6 is 11.3 Å². The largest absolute Gasteiger partial charge is 0.332 e. The molecule has 0 bridgehead atoms. The number of benzene rings is 1. The summed E-state index contributed by atoms with van der Waals surface area (Å²) in [5, 5.41) is 4.22. The van der Waals surface area contributed by atoms with Gasteiger partial charge in [0.1, 0.15) is 0 Å². The molecule has 1 amide bonds. The molecule has 1 atom stereocenters. The van der Waals surface area contributed by atoms with Crippen LogP contribution in [0, 0.1) is 13.8 Å². The minimum absolute atomic E-state index is 0.0885. The molecule has 4 nitrogen and oxygen atoms in total. The van der Waals surface area contributed by atoms with E-state index in [1.807, 2.05) is 36.9 Å². The summed E-state index contributed by atoms with van der Waals surface area (Å²) < 4.78 is 0. The first kappa shape index (κ1) is 15.3. The van der Waals surface area contributed by atoms with Crippen LogP contribution in [0.15, 0.2) is 35.0 Å². The normalized spacial score (nSPS) is 17.6. The van der Waals surface area contributed by atoms with Crippen LogP contribution in [0.25, 0.3) is 11.0 Å². The predicted octanol–water partition coefficient (Wildman–Crippen LogP) is 4.29. The molecule has 122 valence electrons. The molecular formula is C19H19N3OS. The first-order valence-electron chi connectivity index (χ1n) is 8.21. The fourth-order valence-corrected chi connectivity index (χ4v) is 4.06. The van der Waals surface area contributed by atoms with E-state index in [9.17, 15) is 4.79 Å².